The zero-order valence-corrected chi connectivity index (χ0v) is 16.9. The van der Waals surface area contributed by atoms with Crippen LogP contribution in [0.1, 0.15) is 37.3 Å². The van der Waals surface area contributed by atoms with Gasteiger partial charge in [0.05, 0.1) is 7.11 Å². The number of rotatable bonds is 3. The van der Waals surface area contributed by atoms with Gasteiger partial charge in [0, 0.05) is 17.5 Å². The maximum atomic E-state index is 5.54. The summed E-state index contributed by atoms with van der Waals surface area (Å²) in [6.07, 6.45) is 5.70. The number of hydrogen-bond donors (Lipinski definition) is 0. The minimum Gasteiger partial charge on any atom is -0.497 e. The van der Waals surface area contributed by atoms with Gasteiger partial charge in [-0.3, -0.25) is 0 Å². The second-order valence-electron chi connectivity index (χ2n) is 7.99. The van der Waals surface area contributed by atoms with Crippen LogP contribution in [0.4, 0.5) is 0 Å². The summed E-state index contributed by atoms with van der Waals surface area (Å²) < 4.78 is 5.54. The third kappa shape index (κ3) is 3.73. The molecule has 1 fully saturated rings. The Morgan fingerprint density at radius 2 is 1.96 bits per heavy atom. The molecule has 1 heterocycles. The smallest absolute Gasteiger partial charge is 0.119 e. The number of benzene rings is 2. The van der Waals surface area contributed by atoms with Crippen LogP contribution in [0.5, 0.6) is 5.75 Å². The van der Waals surface area contributed by atoms with Crippen molar-refractivity contribution in [2.45, 2.75) is 31.6 Å². The fourth-order valence-corrected chi connectivity index (χ4v) is 4.84. The summed E-state index contributed by atoms with van der Waals surface area (Å²) >= 11 is 0. The Labute approximate surface area is 169 Å². The summed E-state index contributed by atoms with van der Waals surface area (Å²) in [7, 11) is 1.76. The predicted octanol–water partition coefficient (Wildman–Crippen LogP) is 5.05. The highest BCUT2D eigenvalue weighted by molar-refractivity contribution is 5.45. The van der Waals surface area contributed by atoms with Crippen LogP contribution in [0, 0.1) is 17.8 Å². The van der Waals surface area contributed by atoms with E-state index in [0.29, 0.717) is 5.92 Å². The molecule has 1 aliphatic carbocycles. The minimum absolute atomic E-state index is 0.162. The molecule has 1 aliphatic heterocycles. The standard InChI is InChI=1S/C26H29NO/c1-3-27-17-16-26(23-10-7-11-25(18-23)28-2)19-22(14-15-24(26)20-27)13-12-21-8-5-4-6-9-21/h4-11,14,18,24H,3,15-17,19-20H2,1-2H3/t24-,26+/m1/s1. The van der Waals surface area contributed by atoms with Gasteiger partial charge < -0.3 is 9.64 Å². The summed E-state index contributed by atoms with van der Waals surface area (Å²) in [4.78, 5) is 2.59. The lowest BCUT2D eigenvalue weighted by atomic mass is 9.59. The topological polar surface area (TPSA) is 12.5 Å². The van der Waals surface area contributed by atoms with Crippen LogP contribution in [0.15, 0.2) is 66.2 Å². The van der Waals surface area contributed by atoms with Crippen LogP contribution >= 0.6 is 0 Å². The molecule has 2 aliphatic rings. The van der Waals surface area contributed by atoms with Crippen molar-refractivity contribution in [1.29, 1.82) is 0 Å². The molecule has 2 aromatic carbocycles. The largest absolute Gasteiger partial charge is 0.497 e. The van der Waals surface area contributed by atoms with Crippen LogP contribution in [0.25, 0.3) is 0 Å². The normalized spacial score (nSPS) is 24.5. The Balaban J connectivity index is 1.68. The number of likely N-dealkylation sites (tertiary alicyclic amines) is 1. The molecule has 144 valence electrons. The van der Waals surface area contributed by atoms with Crippen molar-refractivity contribution >= 4 is 0 Å². The second-order valence-corrected chi connectivity index (χ2v) is 7.99. The number of fused-ring (bicyclic) bond motifs is 1. The molecule has 0 aromatic heterocycles. The molecule has 0 radical (unpaired) electrons. The Kier molecular flexibility index (Phi) is 5.55. The molecule has 2 heteroatoms. The van der Waals surface area contributed by atoms with Gasteiger partial charge in [0.25, 0.3) is 0 Å². The maximum absolute atomic E-state index is 5.54. The van der Waals surface area contributed by atoms with Gasteiger partial charge >= 0.3 is 0 Å². The summed E-state index contributed by atoms with van der Waals surface area (Å²) in [5, 5.41) is 0. The SMILES string of the molecule is CCN1CC[C@@]2(c3cccc(OC)c3)CC(C#Cc3ccccc3)=CC[C@@H]2C1. The molecular weight excluding hydrogens is 342 g/mol. The number of methoxy groups -OCH3 is 1. The molecule has 2 aromatic rings. The minimum atomic E-state index is 0.162. The highest BCUT2D eigenvalue weighted by atomic mass is 16.5. The quantitative estimate of drug-likeness (QED) is 0.700. The Hall–Kier alpha value is -2.50. The number of nitrogens with zero attached hydrogens (tertiary/aromatic N) is 1. The third-order valence-corrected chi connectivity index (χ3v) is 6.52. The van der Waals surface area contributed by atoms with Crippen molar-refractivity contribution in [3.63, 3.8) is 0 Å². The van der Waals surface area contributed by atoms with Gasteiger partial charge in [-0.2, -0.15) is 0 Å². The first-order valence-corrected chi connectivity index (χ1v) is 10.4. The average Bonchev–Trinajstić information content (AvgIpc) is 2.77. The molecule has 4 rings (SSSR count). The number of hydrogen-bond acceptors (Lipinski definition) is 2. The van der Waals surface area contributed by atoms with Crippen LogP contribution in [-0.2, 0) is 5.41 Å². The number of piperidine rings is 1. The van der Waals surface area contributed by atoms with E-state index < -0.39 is 0 Å². The van der Waals surface area contributed by atoms with E-state index in [4.69, 9.17) is 4.74 Å². The first-order chi connectivity index (χ1) is 13.7. The molecule has 2 nitrogen and oxygen atoms in total. The van der Waals surface area contributed by atoms with Crippen molar-refractivity contribution < 1.29 is 4.74 Å². The fourth-order valence-electron chi connectivity index (χ4n) is 4.84. The van der Waals surface area contributed by atoms with E-state index in [2.05, 4.69) is 60.1 Å². The van der Waals surface area contributed by atoms with Crippen molar-refractivity contribution in [3.05, 3.63) is 77.4 Å². The number of ether oxygens (including phenoxy) is 1. The van der Waals surface area contributed by atoms with E-state index in [-0.39, 0.29) is 5.41 Å². The molecule has 0 unspecified atom stereocenters. The molecule has 2 atom stereocenters. The van der Waals surface area contributed by atoms with Gasteiger partial charge in [0.15, 0.2) is 0 Å². The zero-order valence-electron chi connectivity index (χ0n) is 16.9. The monoisotopic (exact) mass is 371 g/mol. The molecular formula is C26H29NO. The average molecular weight is 372 g/mol. The molecule has 1 saturated heterocycles. The van der Waals surface area contributed by atoms with Crippen LogP contribution in [0.2, 0.25) is 0 Å². The first-order valence-electron chi connectivity index (χ1n) is 10.4. The van der Waals surface area contributed by atoms with Gasteiger partial charge in [-0.1, -0.05) is 55.2 Å². The van der Waals surface area contributed by atoms with E-state index in [9.17, 15) is 0 Å². The lowest BCUT2D eigenvalue weighted by molar-refractivity contribution is 0.0895. The zero-order chi connectivity index (χ0) is 19.4. The predicted molar refractivity (Wildman–Crippen MR) is 116 cm³/mol. The van der Waals surface area contributed by atoms with E-state index in [1.165, 1.54) is 24.1 Å². The van der Waals surface area contributed by atoms with Gasteiger partial charge in [-0.25, -0.2) is 0 Å². The Bertz CT molecular complexity index is 905. The molecule has 0 spiro atoms. The number of allylic oxidation sites excluding steroid dienone is 2. The van der Waals surface area contributed by atoms with Gasteiger partial charge in [-0.05, 0) is 73.7 Å². The summed E-state index contributed by atoms with van der Waals surface area (Å²) in [5.41, 5.74) is 3.95. The highest BCUT2D eigenvalue weighted by Crippen LogP contribution is 2.49. The molecule has 0 bridgehead atoms. The summed E-state index contributed by atoms with van der Waals surface area (Å²) in [6, 6.07) is 19.0. The molecule has 0 saturated carbocycles. The van der Waals surface area contributed by atoms with Crippen LogP contribution in [-0.4, -0.2) is 31.6 Å². The van der Waals surface area contributed by atoms with Crippen molar-refractivity contribution in [2.75, 3.05) is 26.7 Å². The van der Waals surface area contributed by atoms with Crippen molar-refractivity contribution in [2.24, 2.45) is 5.92 Å². The van der Waals surface area contributed by atoms with Gasteiger partial charge in [-0.15, -0.1) is 0 Å². The fraction of sp³-hybridized carbons (Fsp3) is 0.385. The lowest BCUT2D eigenvalue weighted by Gasteiger charge is -2.50. The van der Waals surface area contributed by atoms with Crippen molar-refractivity contribution in [1.82, 2.24) is 4.90 Å². The van der Waals surface area contributed by atoms with Gasteiger partial charge in [0.2, 0.25) is 0 Å². The highest BCUT2D eigenvalue weighted by Gasteiger charge is 2.45. The molecule has 0 amide bonds. The van der Waals surface area contributed by atoms with Crippen LogP contribution in [0.3, 0.4) is 0 Å². The lowest BCUT2D eigenvalue weighted by Crippen LogP contribution is -2.51. The summed E-state index contributed by atoms with van der Waals surface area (Å²) in [5.74, 6) is 8.44. The van der Waals surface area contributed by atoms with Gasteiger partial charge in [0.1, 0.15) is 5.75 Å². The van der Waals surface area contributed by atoms with Crippen molar-refractivity contribution in [3.8, 4) is 17.6 Å². The van der Waals surface area contributed by atoms with E-state index in [1.807, 2.05) is 24.3 Å². The molecule has 28 heavy (non-hydrogen) atoms. The van der Waals surface area contributed by atoms with Crippen LogP contribution < -0.4 is 4.74 Å². The first kappa shape index (κ1) is 18.8. The third-order valence-electron chi connectivity index (χ3n) is 6.52. The second kappa shape index (κ2) is 8.25. The maximum Gasteiger partial charge on any atom is 0.119 e. The van der Waals surface area contributed by atoms with E-state index in [0.717, 1.165) is 37.2 Å². The molecule has 0 N–H and O–H groups in total. The summed E-state index contributed by atoms with van der Waals surface area (Å²) in [6.45, 7) is 5.73. The Morgan fingerprint density at radius 3 is 2.75 bits per heavy atom. The van der Waals surface area contributed by atoms with E-state index >= 15 is 0 Å². The van der Waals surface area contributed by atoms with E-state index in [1.54, 1.807) is 7.11 Å². The Morgan fingerprint density at radius 1 is 1.11 bits per heavy atom.